The molecule has 0 radical (unpaired) electrons. The number of hydrogen-bond acceptors (Lipinski definition) is 4. The Morgan fingerprint density at radius 2 is 2.00 bits per heavy atom. The molecule has 0 unspecified atom stereocenters. The maximum atomic E-state index is 11.8. The predicted octanol–water partition coefficient (Wildman–Crippen LogP) is 0.509. The molecule has 17 heavy (non-hydrogen) atoms. The maximum Gasteiger partial charge on any atom is 0.324 e. The van der Waals surface area contributed by atoms with Crippen LogP contribution >= 0.6 is 0 Å². The zero-order chi connectivity index (χ0) is 13.1. The number of aliphatic carboxylic acids is 1. The number of sulfonamides is 1. The Hall–Kier alpha value is -1.76. The van der Waals surface area contributed by atoms with Crippen molar-refractivity contribution in [1.29, 1.82) is 0 Å². The molecule has 3 N–H and O–H groups in total. The summed E-state index contributed by atoms with van der Waals surface area (Å²) in [7, 11) is -3.66. The van der Waals surface area contributed by atoms with Gasteiger partial charge in [0.2, 0.25) is 10.0 Å². The minimum atomic E-state index is -3.66. The molecule has 0 aliphatic rings. The normalized spacial score (nSPS) is 11.1. The first-order chi connectivity index (χ1) is 7.88. The Kier molecular flexibility index (Phi) is 3.95. The van der Waals surface area contributed by atoms with Gasteiger partial charge in [0.25, 0.3) is 0 Å². The molecule has 1 rings (SSSR count). The number of hydrogen-bond donors (Lipinski definition) is 2. The van der Waals surface area contributed by atoms with Gasteiger partial charge in [-0.15, -0.1) is 0 Å². The molecule has 0 aliphatic carbocycles. The van der Waals surface area contributed by atoms with Gasteiger partial charge in [-0.25, -0.2) is 8.42 Å². The smallest absolute Gasteiger partial charge is 0.324 e. The number of nitrogen functional groups attached to an aromatic ring is 1. The summed E-state index contributed by atoms with van der Waals surface area (Å²) in [5, 5.41) is 8.75. The first kappa shape index (κ1) is 13.3. The average molecular weight is 258 g/mol. The molecule has 0 aromatic heterocycles. The molecule has 94 valence electrons. The van der Waals surface area contributed by atoms with Crippen LogP contribution in [-0.4, -0.2) is 31.8 Å². The number of nitrogens with zero attached hydrogens (tertiary/aromatic N) is 1. The molecule has 6 nitrogen and oxygen atoms in total. The van der Waals surface area contributed by atoms with Crippen molar-refractivity contribution in [2.45, 2.75) is 6.92 Å². The number of anilines is 2. The van der Waals surface area contributed by atoms with Crippen LogP contribution < -0.4 is 10.0 Å². The lowest BCUT2D eigenvalue weighted by atomic mass is 10.3. The van der Waals surface area contributed by atoms with E-state index in [1.807, 2.05) is 0 Å². The molecule has 0 spiro atoms. The van der Waals surface area contributed by atoms with Crippen molar-refractivity contribution in [3.05, 3.63) is 24.3 Å². The van der Waals surface area contributed by atoms with Crippen LogP contribution in [0.2, 0.25) is 0 Å². The van der Waals surface area contributed by atoms with Crippen molar-refractivity contribution >= 4 is 27.4 Å². The largest absolute Gasteiger partial charge is 0.480 e. The third kappa shape index (κ3) is 3.10. The van der Waals surface area contributed by atoms with E-state index in [4.69, 9.17) is 10.8 Å². The van der Waals surface area contributed by atoms with E-state index < -0.39 is 22.5 Å². The molecular weight excluding hydrogens is 244 g/mol. The van der Waals surface area contributed by atoms with Crippen LogP contribution in [0.1, 0.15) is 6.92 Å². The van der Waals surface area contributed by atoms with Crippen LogP contribution in [0.25, 0.3) is 0 Å². The predicted molar refractivity (Wildman–Crippen MR) is 65.3 cm³/mol. The van der Waals surface area contributed by atoms with Gasteiger partial charge in [-0.3, -0.25) is 9.10 Å². The SMILES string of the molecule is CCS(=O)(=O)N(CC(=O)O)c1ccccc1N. The highest BCUT2D eigenvalue weighted by molar-refractivity contribution is 7.92. The molecule has 1 aromatic rings. The number of para-hydroxylation sites is 2. The second-order valence-corrected chi connectivity index (χ2v) is 5.54. The van der Waals surface area contributed by atoms with Crippen molar-refractivity contribution in [3.63, 3.8) is 0 Å². The molecule has 0 amide bonds. The Morgan fingerprint density at radius 3 is 2.47 bits per heavy atom. The standard InChI is InChI=1S/C10H14N2O4S/c1-2-17(15,16)12(7-10(13)14)9-6-4-3-5-8(9)11/h3-6H,2,7,11H2,1H3,(H,13,14). The maximum absolute atomic E-state index is 11.8. The van der Waals surface area contributed by atoms with E-state index in [0.717, 1.165) is 4.31 Å². The van der Waals surface area contributed by atoms with Gasteiger partial charge in [-0.1, -0.05) is 12.1 Å². The molecule has 7 heteroatoms. The summed E-state index contributed by atoms with van der Waals surface area (Å²) in [6, 6.07) is 6.25. The molecule has 0 bridgehead atoms. The summed E-state index contributed by atoms with van der Waals surface area (Å²) in [5.74, 6) is -1.42. The van der Waals surface area contributed by atoms with Gasteiger partial charge < -0.3 is 10.8 Å². The lowest BCUT2D eigenvalue weighted by Crippen LogP contribution is -2.37. The number of carboxylic acid groups (broad SMARTS) is 1. The van der Waals surface area contributed by atoms with E-state index in [0.29, 0.717) is 0 Å². The van der Waals surface area contributed by atoms with Crippen molar-refractivity contribution in [1.82, 2.24) is 0 Å². The number of benzene rings is 1. The van der Waals surface area contributed by atoms with Gasteiger partial charge in [-0.05, 0) is 19.1 Å². The van der Waals surface area contributed by atoms with E-state index in [1.165, 1.54) is 19.1 Å². The molecule has 1 aromatic carbocycles. The third-order valence-corrected chi connectivity index (χ3v) is 3.91. The van der Waals surface area contributed by atoms with Gasteiger partial charge in [0.1, 0.15) is 6.54 Å². The summed E-state index contributed by atoms with van der Waals surface area (Å²) in [6.45, 7) is 0.813. The number of carboxylic acids is 1. The van der Waals surface area contributed by atoms with Crippen LogP contribution in [0, 0.1) is 0 Å². The molecular formula is C10H14N2O4S. The highest BCUT2D eigenvalue weighted by Gasteiger charge is 2.24. The highest BCUT2D eigenvalue weighted by atomic mass is 32.2. The molecule has 0 fully saturated rings. The zero-order valence-corrected chi connectivity index (χ0v) is 10.1. The van der Waals surface area contributed by atoms with Gasteiger partial charge in [0.15, 0.2) is 0 Å². The van der Waals surface area contributed by atoms with E-state index >= 15 is 0 Å². The fraction of sp³-hybridized carbons (Fsp3) is 0.300. The first-order valence-corrected chi connectivity index (χ1v) is 6.56. The third-order valence-electron chi connectivity index (χ3n) is 2.18. The molecule has 0 atom stereocenters. The highest BCUT2D eigenvalue weighted by Crippen LogP contribution is 2.25. The molecule has 0 aliphatic heterocycles. The average Bonchev–Trinajstić information content (AvgIpc) is 2.26. The van der Waals surface area contributed by atoms with Crippen LogP contribution in [0.15, 0.2) is 24.3 Å². The van der Waals surface area contributed by atoms with Gasteiger partial charge >= 0.3 is 5.97 Å². The van der Waals surface area contributed by atoms with Crippen LogP contribution in [0.3, 0.4) is 0 Å². The lowest BCUT2D eigenvalue weighted by molar-refractivity contribution is -0.135. The van der Waals surface area contributed by atoms with Crippen molar-refractivity contribution in [2.75, 3.05) is 22.3 Å². The van der Waals surface area contributed by atoms with Crippen molar-refractivity contribution < 1.29 is 18.3 Å². The van der Waals surface area contributed by atoms with E-state index in [2.05, 4.69) is 0 Å². The molecule has 0 saturated heterocycles. The zero-order valence-electron chi connectivity index (χ0n) is 9.33. The number of carbonyl (C=O) groups is 1. The topological polar surface area (TPSA) is 101 Å². The second-order valence-electron chi connectivity index (χ2n) is 3.36. The molecule has 0 saturated carbocycles. The number of nitrogens with two attached hydrogens (primary N) is 1. The Bertz CT molecular complexity index is 513. The van der Waals surface area contributed by atoms with E-state index in [-0.39, 0.29) is 17.1 Å². The monoisotopic (exact) mass is 258 g/mol. The van der Waals surface area contributed by atoms with Crippen LogP contribution in [0.4, 0.5) is 11.4 Å². The summed E-state index contributed by atoms with van der Waals surface area (Å²) >= 11 is 0. The van der Waals surface area contributed by atoms with Crippen molar-refractivity contribution in [3.8, 4) is 0 Å². The fourth-order valence-electron chi connectivity index (χ4n) is 1.33. The fourth-order valence-corrected chi connectivity index (χ4v) is 2.41. The summed E-state index contributed by atoms with van der Waals surface area (Å²) < 4.78 is 24.4. The summed E-state index contributed by atoms with van der Waals surface area (Å²) in [5.41, 5.74) is 6.07. The van der Waals surface area contributed by atoms with E-state index in [9.17, 15) is 13.2 Å². The van der Waals surface area contributed by atoms with Gasteiger partial charge in [0, 0.05) is 0 Å². The Labute approximate surface area is 99.7 Å². The first-order valence-electron chi connectivity index (χ1n) is 4.95. The minimum absolute atomic E-state index is 0.186. The molecule has 0 heterocycles. The summed E-state index contributed by atoms with van der Waals surface area (Å²) in [4.78, 5) is 10.7. The quantitative estimate of drug-likeness (QED) is 0.749. The second kappa shape index (κ2) is 5.05. The van der Waals surface area contributed by atoms with Crippen LogP contribution in [0.5, 0.6) is 0 Å². The van der Waals surface area contributed by atoms with Crippen molar-refractivity contribution in [2.24, 2.45) is 0 Å². The Morgan fingerprint density at radius 1 is 1.41 bits per heavy atom. The lowest BCUT2D eigenvalue weighted by Gasteiger charge is -2.23. The van der Waals surface area contributed by atoms with Crippen LogP contribution in [-0.2, 0) is 14.8 Å². The minimum Gasteiger partial charge on any atom is -0.480 e. The van der Waals surface area contributed by atoms with E-state index in [1.54, 1.807) is 12.1 Å². The Balaban J connectivity index is 3.25. The summed E-state index contributed by atoms with van der Waals surface area (Å²) in [6.07, 6.45) is 0. The number of rotatable bonds is 5. The van der Waals surface area contributed by atoms with Gasteiger partial charge in [0.05, 0.1) is 17.1 Å². The van der Waals surface area contributed by atoms with Gasteiger partial charge in [-0.2, -0.15) is 0 Å².